The van der Waals surface area contributed by atoms with Gasteiger partial charge in [-0.25, -0.2) is 4.79 Å². The van der Waals surface area contributed by atoms with Gasteiger partial charge in [-0.1, -0.05) is 0 Å². The second kappa shape index (κ2) is 7.62. The summed E-state index contributed by atoms with van der Waals surface area (Å²) in [4.78, 5) is 21.5. The van der Waals surface area contributed by atoms with Crippen LogP contribution in [0.3, 0.4) is 0 Å². The molecule has 110 valence electrons. The third-order valence-corrected chi connectivity index (χ3v) is 2.42. The van der Waals surface area contributed by atoms with Crippen LogP contribution in [0, 0.1) is 21.4 Å². The first-order chi connectivity index (χ1) is 10.0. The molecule has 0 amide bonds. The fourth-order valence-electron chi connectivity index (χ4n) is 1.37. The first-order valence-corrected chi connectivity index (χ1v) is 5.75. The SMILES string of the molecule is COCCOC(=O)/C(C#N)=C(\O)c1ccc([N+](=O)[O-])cc1. The van der Waals surface area contributed by atoms with E-state index in [0.29, 0.717) is 0 Å². The van der Waals surface area contributed by atoms with Gasteiger partial charge in [-0.15, -0.1) is 0 Å². The van der Waals surface area contributed by atoms with E-state index < -0.39 is 22.2 Å². The third-order valence-electron chi connectivity index (χ3n) is 2.42. The summed E-state index contributed by atoms with van der Waals surface area (Å²) in [5.41, 5.74) is -0.659. The molecule has 1 N–H and O–H groups in total. The van der Waals surface area contributed by atoms with E-state index in [1.807, 2.05) is 0 Å². The first-order valence-electron chi connectivity index (χ1n) is 5.75. The molecule has 8 heteroatoms. The van der Waals surface area contributed by atoms with Crippen molar-refractivity contribution >= 4 is 17.4 Å². The van der Waals surface area contributed by atoms with Crippen LogP contribution in [-0.4, -0.2) is 36.3 Å². The van der Waals surface area contributed by atoms with Crippen LogP contribution < -0.4 is 0 Å². The molecule has 0 fully saturated rings. The van der Waals surface area contributed by atoms with Crippen LogP contribution in [0.1, 0.15) is 5.56 Å². The molecule has 8 nitrogen and oxygen atoms in total. The number of methoxy groups -OCH3 is 1. The van der Waals surface area contributed by atoms with E-state index in [-0.39, 0.29) is 24.5 Å². The number of carbonyl (C=O) groups is 1. The van der Waals surface area contributed by atoms with E-state index in [4.69, 9.17) is 10.00 Å². The summed E-state index contributed by atoms with van der Waals surface area (Å²) in [6.07, 6.45) is 0. The lowest BCUT2D eigenvalue weighted by molar-refractivity contribution is -0.384. The van der Waals surface area contributed by atoms with Gasteiger partial charge in [0, 0.05) is 24.8 Å². The Balaban J connectivity index is 2.99. The Morgan fingerprint density at radius 2 is 2.00 bits per heavy atom. The molecule has 1 aromatic carbocycles. The highest BCUT2D eigenvalue weighted by atomic mass is 16.6. The molecule has 0 unspecified atom stereocenters. The standard InChI is InChI=1S/C13H12N2O6/c1-20-6-7-21-13(17)11(8-14)12(16)9-2-4-10(5-3-9)15(18)19/h2-5,16H,6-7H2,1H3/b12-11-. The number of benzene rings is 1. The molecule has 0 atom stereocenters. The van der Waals surface area contributed by atoms with Gasteiger partial charge in [-0.2, -0.15) is 5.26 Å². The van der Waals surface area contributed by atoms with Crippen LogP contribution in [0.15, 0.2) is 29.8 Å². The van der Waals surface area contributed by atoms with Gasteiger partial charge < -0.3 is 14.6 Å². The van der Waals surface area contributed by atoms with Crippen molar-refractivity contribution in [2.45, 2.75) is 0 Å². The molecule has 0 aromatic heterocycles. The van der Waals surface area contributed by atoms with Crippen LogP contribution in [0.5, 0.6) is 0 Å². The molecule has 0 aliphatic heterocycles. The van der Waals surface area contributed by atoms with E-state index in [1.165, 1.54) is 19.2 Å². The maximum absolute atomic E-state index is 11.6. The summed E-state index contributed by atoms with van der Waals surface area (Å²) >= 11 is 0. The van der Waals surface area contributed by atoms with Gasteiger partial charge in [0.2, 0.25) is 0 Å². The summed E-state index contributed by atoms with van der Waals surface area (Å²) in [5, 5.41) is 29.3. The number of carbonyl (C=O) groups excluding carboxylic acids is 1. The Kier molecular flexibility index (Phi) is 5.85. The monoisotopic (exact) mass is 292 g/mol. The topological polar surface area (TPSA) is 123 Å². The van der Waals surface area contributed by atoms with Gasteiger partial charge in [0.15, 0.2) is 5.57 Å². The van der Waals surface area contributed by atoms with Crippen molar-refractivity contribution in [1.82, 2.24) is 0 Å². The Hall–Kier alpha value is -2.92. The maximum Gasteiger partial charge on any atom is 0.352 e. The molecule has 0 radical (unpaired) electrons. The Morgan fingerprint density at radius 1 is 1.38 bits per heavy atom. The lowest BCUT2D eigenvalue weighted by atomic mass is 10.1. The molecule has 0 heterocycles. The number of aliphatic hydroxyl groups is 1. The largest absolute Gasteiger partial charge is 0.506 e. The molecule has 0 aliphatic carbocycles. The number of nitro benzene ring substituents is 1. The van der Waals surface area contributed by atoms with Crippen molar-refractivity contribution in [3.8, 4) is 6.07 Å². The Bertz CT molecular complexity index is 600. The normalized spacial score (nSPS) is 11.2. The van der Waals surface area contributed by atoms with Crippen LogP contribution >= 0.6 is 0 Å². The van der Waals surface area contributed by atoms with Gasteiger partial charge in [-0.3, -0.25) is 10.1 Å². The maximum atomic E-state index is 11.6. The van der Waals surface area contributed by atoms with Gasteiger partial charge >= 0.3 is 5.97 Å². The number of esters is 1. The lowest BCUT2D eigenvalue weighted by Crippen LogP contribution is -2.12. The molecule has 1 aromatic rings. The number of aliphatic hydroxyl groups excluding tert-OH is 1. The summed E-state index contributed by atoms with van der Waals surface area (Å²) in [5.74, 6) is -1.60. The predicted molar refractivity (Wildman–Crippen MR) is 71.1 cm³/mol. The number of rotatable bonds is 6. The Labute approximate surface area is 120 Å². The number of hydrogen-bond acceptors (Lipinski definition) is 7. The van der Waals surface area contributed by atoms with Gasteiger partial charge in [0.1, 0.15) is 18.4 Å². The molecule has 0 saturated carbocycles. The minimum absolute atomic E-state index is 0.0615. The minimum Gasteiger partial charge on any atom is -0.506 e. The van der Waals surface area contributed by atoms with Crippen molar-refractivity contribution in [3.05, 3.63) is 45.5 Å². The molecule has 1 rings (SSSR count). The van der Waals surface area contributed by atoms with Gasteiger partial charge in [0.25, 0.3) is 5.69 Å². The number of hydrogen-bond donors (Lipinski definition) is 1. The van der Waals surface area contributed by atoms with E-state index in [9.17, 15) is 20.0 Å². The Morgan fingerprint density at radius 3 is 2.48 bits per heavy atom. The van der Waals surface area contributed by atoms with E-state index in [0.717, 1.165) is 12.1 Å². The zero-order valence-corrected chi connectivity index (χ0v) is 11.1. The quantitative estimate of drug-likeness (QED) is 0.160. The van der Waals surface area contributed by atoms with Gasteiger partial charge in [0.05, 0.1) is 11.5 Å². The zero-order valence-electron chi connectivity index (χ0n) is 11.1. The number of nitro groups is 1. The van der Waals surface area contributed by atoms with Crippen molar-refractivity contribution < 1.29 is 24.3 Å². The average Bonchev–Trinajstić information content (AvgIpc) is 2.48. The molecule has 0 bridgehead atoms. The van der Waals surface area contributed by atoms with Gasteiger partial charge in [-0.05, 0) is 12.1 Å². The van der Waals surface area contributed by atoms with E-state index in [1.54, 1.807) is 6.07 Å². The smallest absolute Gasteiger partial charge is 0.352 e. The van der Waals surface area contributed by atoms with Crippen LogP contribution in [0.4, 0.5) is 5.69 Å². The average molecular weight is 292 g/mol. The summed E-state index contributed by atoms with van der Waals surface area (Å²) < 4.78 is 9.41. The lowest BCUT2D eigenvalue weighted by Gasteiger charge is -2.05. The van der Waals surface area contributed by atoms with Crippen LogP contribution in [0.25, 0.3) is 5.76 Å². The molecule has 21 heavy (non-hydrogen) atoms. The van der Waals surface area contributed by atoms with Crippen LogP contribution in [0.2, 0.25) is 0 Å². The second-order valence-corrected chi connectivity index (χ2v) is 3.77. The zero-order chi connectivity index (χ0) is 15.8. The third kappa shape index (κ3) is 4.29. The highest BCUT2D eigenvalue weighted by Gasteiger charge is 2.18. The number of nitrogens with zero attached hydrogens (tertiary/aromatic N) is 2. The second-order valence-electron chi connectivity index (χ2n) is 3.77. The summed E-state index contributed by atoms with van der Waals surface area (Å²) in [7, 11) is 1.42. The molecular weight excluding hydrogens is 280 g/mol. The number of non-ortho nitro benzene ring substituents is 1. The minimum atomic E-state index is -0.995. The van der Waals surface area contributed by atoms with Crippen molar-refractivity contribution in [3.63, 3.8) is 0 Å². The first kappa shape index (κ1) is 16.1. The van der Waals surface area contributed by atoms with E-state index in [2.05, 4.69) is 4.74 Å². The molecule has 0 aliphatic rings. The molecular formula is C13H12N2O6. The van der Waals surface area contributed by atoms with Crippen molar-refractivity contribution in [2.24, 2.45) is 0 Å². The molecule has 0 saturated heterocycles. The van der Waals surface area contributed by atoms with Crippen LogP contribution in [-0.2, 0) is 14.3 Å². The van der Waals surface area contributed by atoms with E-state index >= 15 is 0 Å². The number of nitriles is 1. The summed E-state index contributed by atoms with van der Waals surface area (Å²) in [6, 6.07) is 6.30. The molecule has 0 spiro atoms. The predicted octanol–water partition coefficient (Wildman–Crippen LogP) is 1.58. The highest BCUT2D eigenvalue weighted by Crippen LogP contribution is 2.20. The fourth-order valence-corrected chi connectivity index (χ4v) is 1.37. The highest BCUT2D eigenvalue weighted by molar-refractivity contribution is 6.00. The fraction of sp³-hybridized carbons (Fsp3) is 0.231. The van der Waals surface area contributed by atoms with Crippen molar-refractivity contribution in [2.75, 3.05) is 20.3 Å². The summed E-state index contributed by atoms with van der Waals surface area (Å²) in [6.45, 7) is 0.0940. The number of ether oxygens (including phenoxy) is 2. The van der Waals surface area contributed by atoms with Crippen molar-refractivity contribution in [1.29, 1.82) is 5.26 Å².